The Labute approximate surface area is 158 Å². The highest BCUT2D eigenvalue weighted by Gasteiger charge is 2.30. The van der Waals surface area contributed by atoms with Crippen molar-refractivity contribution in [3.8, 4) is 10.8 Å². The summed E-state index contributed by atoms with van der Waals surface area (Å²) in [5.41, 5.74) is 1.02. The van der Waals surface area contributed by atoms with E-state index in [2.05, 4.69) is 15.1 Å². The largest absolute Gasteiger partial charge is 0.440 e. The second-order valence-corrected chi connectivity index (χ2v) is 8.22. The molecule has 1 aliphatic heterocycles. The topological polar surface area (TPSA) is 61.6 Å². The molecule has 26 heavy (non-hydrogen) atoms. The smallest absolute Gasteiger partial charge is 0.237 e. The number of nitrogens with zero attached hydrogens (tertiary/aromatic N) is 3. The summed E-state index contributed by atoms with van der Waals surface area (Å²) in [6, 6.07) is 4.43. The van der Waals surface area contributed by atoms with Crippen LogP contribution in [0.25, 0.3) is 10.8 Å². The van der Waals surface area contributed by atoms with E-state index in [0.29, 0.717) is 6.04 Å². The van der Waals surface area contributed by atoms with Crippen LogP contribution in [0.1, 0.15) is 31.2 Å². The molecule has 0 spiro atoms. The Morgan fingerprint density at radius 2 is 2.15 bits per heavy atom. The SMILES string of the molecule is Cc1oc(-c2cccs2)nc1CN1CCN(C(C)C(=O)NC2CC2)CC1. The van der Waals surface area contributed by atoms with E-state index in [9.17, 15) is 4.79 Å². The zero-order valence-electron chi connectivity index (χ0n) is 15.4. The average molecular weight is 375 g/mol. The monoisotopic (exact) mass is 374 g/mol. The lowest BCUT2D eigenvalue weighted by Crippen LogP contribution is -2.53. The van der Waals surface area contributed by atoms with Gasteiger partial charge in [-0.25, -0.2) is 4.98 Å². The van der Waals surface area contributed by atoms with E-state index in [0.717, 1.165) is 67.8 Å². The number of thiophene rings is 1. The zero-order valence-corrected chi connectivity index (χ0v) is 16.2. The Balaban J connectivity index is 1.30. The summed E-state index contributed by atoms with van der Waals surface area (Å²) in [5.74, 6) is 1.79. The van der Waals surface area contributed by atoms with Gasteiger partial charge in [0.05, 0.1) is 16.6 Å². The minimum Gasteiger partial charge on any atom is -0.440 e. The number of aryl methyl sites for hydroxylation is 1. The molecule has 7 heteroatoms. The Hall–Kier alpha value is -1.70. The Morgan fingerprint density at radius 1 is 1.38 bits per heavy atom. The number of hydrogen-bond acceptors (Lipinski definition) is 6. The summed E-state index contributed by atoms with van der Waals surface area (Å²) in [7, 11) is 0. The molecular formula is C19H26N4O2S. The fourth-order valence-corrected chi connectivity index (χ4v) is 3.97. The molecule has 0 radical (unpaired) electrons. The molecule has 2 aromatic rings. The third-order valence-electron chi connectivity index (χ3n) is 5.26. The van der Waals surface area contributed by atoms with Gasteiger partial charge >= 0.3 is 0 Å². The highest BCUT2D eigenvalue weighted by molar-refractivity contribution is 7.13. The molecule has 6 nitrogen and oxygen atoms in total. The molecule has 0 aromatic carbocycles. The first-order valence-electron chi connectivity index (χ1n) is 9.37. The number of carbonyl (C=O) groups is 1. The molecule has 1 N–H and O–H groups in total. The van der Waals surface area contributed by atoms with Gasteiger partial charge in [-0.05, 0) is 38.1 Å². The van der Waals surface area contributed by atoms with Gasteiger partial charge in [0, 0.05) is 38.8 Å². The fourth-order valence-electron chi connectivity index (χ4n) is 3.32. The lowest BCUT2D eigenvalue weighted by Gasteiger charge is -2.37. The number of hydrogen-bond donors (Lipinski definition) is 1. The number of carbonyl (C=O) groups excluding carboxylic acids is 1. The molecular weight excluding hydrogens is 348 g/mol. The van der Waals surface area contributed by atoms with Gasteiger partial charge in [0.2, 0.25) is 11.8 Å². The molecule has 1 saturated heterocycles. The van der Waals surface area contributed by atoms with Crippen molar-refractivity contribution in [1.29, 1.82) is 0 Å². The molecule has 1 amide bonds. The van der Waals surface area contributed by atoms with Gasteiger partial charge in [0.1, 0.15) is 5.76 Å². The second-order valence-electron chi connectivity index (χ2n) is 7.27. The highest BCUT2D eigenvalue weighted by Crippen LogP contribution is 2.26. The minimum absolute atomic E-state index is 0.0445. The van der Waals surface area contributed by atoms with E-state index in [4.69, 9.17) is 9.40 Å². The van der Waals surface area contributed by atoms with Crippen molar-refractivity contribution < 1.29 is 9.21 Å². The molecule has 1 atom stereocenters. The third-order valence-corrected chi connectivity index (χ3v) is 6.11. The first kappa shape index (κ1) is 17.7. The Kier molecular flexibility index (Phi) is 5.11. The zero-order chi connectivity index (χ0) is 18.1. The minimum atomic E-state index is -0.0445. The van der Waals surface area contributed by atoms with Gasteiger partial charge in [-0.3, -0.25) is 14.6 Å². The van der Waals surface area contributed by atoms with Gasteiger partial charge in [0.25, 0.3) is 0 Å². The van der Waals surface area contributed by atoms with E-state index in [-0.39, 0.29) is 11.9 Å². The average Bonchev–Trinajstić information content (AvgIpc) is 3.15. The molecule has 1 saturated carbocycles. The van der Waals surface area contributed by atoms with Crippen molar-refractivity contribution >= 4 is 17.2 Å². The maximum atomic E-state index is 12.2. The van der Waals surface area contributed by atoms with E-state index in [1.165, 1.54) is 0 Å². The highest BCUT2D eigenvalue weighted by atomic mass is 32.1. The van der Waals surface area contributed by atoms with Gasteiger partial charge in [-0.2, -0.15) is 0 Å². The molecule has 3 heterocycles. The van der Waals surface area contributed by atoms with Crippen LogP contribution in [0.2, 0.25) is 0 Å². The van der Waals surface area contributed by atoms with Crippen molar-refractivity contribution in [2.45, 2.75) is 45.3 Å². The molecule has 140 valence electrons. The number of aromatic nitrogens is 1. The maximum Gasteiger partial charge on any atom is 0.237 e. The number of piperazine rings is 1. The van der Waals surface area contributed by atoms with Crippen LogP contribution < -0.4 is 5.32 Å². The van der Waals surface area contributed by atoms with Crippen molar-refractivity contribution in [3.05, 3.63) is 29.0 Å². The van der Waals surface area contributed by atoms with Gasteiger partial charge < -0.3 is 9.73 Å². The Morgan fingerprint density at radius 3 is 2.81 bits per heavy atom. The van der Waals surface area contributed by atoms with Crippen LogP contribution in [0.4, 0.5) is 0 Å². The Bertz CT molecular complexity index is 746. The predicted molar refractivity (Wildman–Crippen MR) is 102 cm³/mol. The number of amides is 1. The standard InChI is InChI=1S/C19H26N4O2S/c1-13(18(24)20-15-5-6-15)23-9-7-22(8-10-23)12-16-14(2)25-19(21-16)17-4-3-11-26-17/h3-4,11,13,15H,5-10,12H2,1-2H3,(H,20,24). The summed E-state index contributed by atoms with van der Waals surface area (Å²) in [5, 5.41) is 5.15. The number of nitrogens with one attached hydrogen (secondary N) is 1. The van der Waals surface area contributed by atoms with Crippen LogP contribution in [0.5, 0.6) is 0 Å². The van der Waals surface area contributed by atoms with Crippen LogP contribution in [0.3, 0.4) is 0 Å². The molecule has 4 rings (SSSR count). The summed E-state index contributed by atoms with van der Waals surface area (Å²) in [4.78, 5) is 22.7. The summed E-state index contributed by atoms with van der Waals surface area (Å²) < 4.78 is 5.84. The summed E-state index contributed by atoms with van der Waals surface area (Å²) >= 11 is 1.64. The first-order chi connectivity index (χ1) is 12.6. The van der Waals surface area contributed by atoms with Gasteiger partial charge in [0.15, 0.2) is 0 Å². The van der Waals surface area contributed by atoms with E-state index in [1.807, 2.05) is 31.4 Å². The first-order valence-corrected chi connectivity index (χ1v) is 10.2. The van der Waals surface area contributed by atoms with E-state index >= 15 is 0 Å². The van der Waals surface area contributed by atoms with Gasteiger partial charge in [-0.1, -0.05) is 6.07 Å². The fraction of sp³-hybridized carbons (Fsp3) is 0.579. The van der Waals surface area contributed by atoms with Gasteiger partial charge in [-0.15, -0.1) is 11.3 Å². The van der Waals surface area contributed by atoms with E-state index < -0.39 is 0 Å². The lowest BCUT2D eigenvalue weighted by molar-refractivity contribution is -0.126. The van der Waals surface area contributed by atoms with Crippen molar-refractivity contribution in [2.24, 2.45) is 0 Å². The van der Waals surface area contributed by atoms with Crippen LogP contribution >= 0.6 is 11.3 Å². The van der Waals surface area contributed by atoms with Crippen LogP contribution in [-0.2, 0) is 11.3 Å². The van der Waals surface area contributed by atoms with E-state index in [1.54, 1.807) is 11.3 Å². The molecule has 2 aromatic heterocycles. The predicted octanol–water partition coefficient (Wildman–Crippen LogP) is 2.50. The van der Waals surface area contributed by atoms with Crippen LogP contribution in [0.15, 0.2) is 21.9 Å². The number of oxazole rings is 1. The normalized spacial score (nSPS) is 20.2. The van der Waals surface area contributed by atoms with Crippen molar-refractivity contribution in [2.75, 3.05) is 26.2 Å². The van der Waals surface area contributed by atoms with Crippen LogP contribution in [0, 0.1) is 6.92 Å². The quantitative estimate of drug-likeness (QED) is 0.842. The third kappa shape index (κ3) is 4.00. The number of rotatable bonds is 6. The molecule has 1 aliphatic carbocycles. The molecule has 0 bridgehead atoms. The molecule has 2 aliphatic rings. The second kappa shape index (κ2) is 7.50. The van der Waals surface area contributed by atoms with Crippen LogP contribution in [-0.4, -0.2) is 59.0 Å². The summed E-state index contributed by atoms with van der Waals surface area (Å²) in [6.45, 7) is 8.52. The maximum absolute atomic E-state index is 12.2. The lowest BCUT2D eigenvalue weighted by atomic mass is 10.2. The van der Waals surface area contributed by atoms with Crippen molar-refractivity contribution in [1.82, 2.24) is 20.1 Å². The molecule has 2 fully saturated rings. The molecule has 1 unspecified atom stereocenters. The van der Waals surface area contributed by atoms with Crippen molar-refractivity contribution in [3.63, 3.8) is 0 Å². The summed E-state index contributed by atoms with van der Waals surface area (Å²) in [6.07, 6.45) is 2.27.